The first-order chi connectivity index (χ1) is 7.82. The Kier molecular flexibility index (Phi) is 2.96. The lowest BCUT2D eigenvalue weighted by molar-refractivity contribution is -0.185. The lowest BCUT2D eigenvalue weighted by atomic mass is 10.00. The maximum atomic E-state index is 12.7. The van der Waals surface area contributed by atoms with Gasteiger partial charge in [-0.25, -0.2) is 4.98 Å². The third-order valence-electron chi connectivity index (χ3n) is 2.27. The second kappa shape index (κ2) is 4.04. The van der Waals surface area contributed by atoms with Crippen molar-refractivity contribution in [3.63, 3.8) is 0 Å². The summed E-state index contributed by atoms with van der Waals surface area (Å²) in [6.45, 7) is 0.915. The van der Waals surface area contributed by atoms with Gasteiger partial charge in [0, 0.05) is 11.6 Å². The number of hydrogen-bond donors (Lipinski definition) is 1. The first-order valence-corrected chi connectivity index (χ1v) is 6.29. The Morgan fingerprint density at radius 3 is 2.53 bits per heavy atom. The summed E-state index contributed by atoms with van der Waals surface area (Å²) in [6, 6.07) is 0. The molecule has 2 aromatic heterocycles. The van der Waals surface area contributed by atoms with Crippen molar-refractivity contribution in [2.75, 3.05) is 0 Å². The number of nitrogens with zero attached hydrogens (tertiary/aromatic N) is 2. The molecule has 2 heterocycles. The van der Waals surface area contributed by atoms with Gasteiger partial charge in [0.15, 0.2) is 5.54 Å². The second-order valence-electron chi connectivity index (χ2n) is 3.60. The average Bonchev–Trinajstić information content (AvgIpc) is 2.87. The SMILES string of the molecule is CC(N)(c1csc(-c2cncs2)n1)C(F)(F)F. The molecule has 1 atom stereocenters. The normalized spacial score (nSPS) is 15.8. The van der Waals surface area contributed by atoms with E-state index in [1.165, 1.54) is 16.7 Å². The zero-order valence-corrected chi connectivity index (χ0v) is 10.3. The Balaban J connectivity index is 2.37. The van der Waals surface area contributed by atoms with Gasteiger partial charge in [0.1, 0.15) is 5.01 Å². The molecule has 3 nitrogen and oxygen atoms in total. The molecule has 2 N–H and O–H groups in total. The minimum Gasteiger partial charge on any atom is -0.313 e. The van der Waals surface area contributed by atoms with Crippen LogP contribution in [0.2, 0.25) is 0 Å². The van der Waals surface area contributed by atoms with Crippen LogP contribution in [-0.4, -0.2) is 16.1 Å². The monoisotopic (exact) mass is 279 g/mol. The third-order valence-corrected chi connectivity index (χ3v) is 4.05. The number of rotatable bonds is 2. The number of hydrogen-bond acceptors (Lipinski definition) is 5. The van der Waals surface area contributed by atoms with E-state index in [0.717, 1.165) is 23.1 Å². The van der Waals surface area contributed by atoms with Crippen molar-refractivity contribution in [2.45, 2.75) is 18.6 Å². The molecule has 0 bridgehead atoms. The maximum Gasteiger partial charge on any atom is 0.411 e. The van der Waals surface area contributed by atoms with Gasteiger partial charge in [0.2, 0.25) is 0 Å². The van der Waals surface area contributed by atoms with Gasteiger partial charge in [-0.1, -0.05) is 0 Å². The van der Waals surface area contributed by atoms with Crippen LogP contribution in [-0.2, 0) is 5.54 Å². The molecule has 0 saturated heterocycles. The van der Waals surface area contributed by atoms with E-state index in [1.807, 2.05) is 0 Å². The molecule has 0 aliphatic heterocycles. The van der Waals surface area contributed by atoms with E-state index in [1.54, 1.807) is 11.7 Å². The zero-order valence-electron chi connectivity index (χ0n) is 8.65. The third kappa shape index (κ3) is 2.20. The molecule has 0 aliphatic carbocycles. The lowest BCUT2D eigenvalue weighted by Gasteiger charge is -2.25. The maximum absolute atomic E-state index is 12.7. The fourth-order valence-electron chi connectivity index (χ4n) is 1.09. The van der Waals surface area contributed by atoms with Crippen LogP contribution in [0.25, 0.3) is 9.88 Å². The summed E-state index contributed by atoms with van der Waals surface area (Å²) in [4.78, 5) is 8.52. The highest BCUT2D eigenvalue weighted by Crippen LogP contribution is 2.38. The van der Waals surface area contributed by atoms with E-state index in [0.29, 0.717) is 5.01 Å². The Bertz CT molecular complexity index is 502. The van der Waals surface area contributed by atoms with E-state index in [2.05, 4.69) is 9.97 Å². The molecule has 0 spiro atoms. The molecule has 2 rings (SSSR count). The van der Waals surface area contributed by atoms with Crippen LogP contribution in [0.3, 0.4) is 0 Å². The van der Waals surface area contributed by atoms with Gasteiger partial charge in [0.25, 0.3) is 0 Å². The van der Waals surface area contributed by atoms with Crippen LogP contribution in [0.15, 0.2) is 17.1 Å². The van der Waals surface area contributed by atoms with Crippen LogP contribution < -0.4 is 5.73 Å². The van der Waals surface area contributed by atoms with Gasteiger partial charge >= 0.3 is 6.18 Å². The summed E-state index contributed by atoms with van der Waals surface area (Å²) >= 11 is 2.45. The van der Waals surface area contributed by atoms with Gasteiger partial charge in [0.05, 0.1) is 16.1 Å². The van der Waals surface area contributed by atoms with Gasteiger partial charge in [-0.05, 0) is 6.92 Å². The van der Waals surface area contributed by atoms with E-state index < -0.39 is 11.7 Å². The van der Waals surface area contributed by atoms with E-state index >= 15 is 0 Å². The molecule has 0 aliphatic rings. The highest BCUT2D eigenvalue weighted by atomic mass is 32.1. The summed E-state index contributed by atoms with van der Waals surface area (Å²) in [5.74, 6) is 0. The predicted octanol–water partition coefficient (Wildman–Crippen LogP) is 3.00. The molecule has 0 radical (unpaired) electrons. The summed E-state index contributed by atoms with van der Waals surface area (Å²) in [5.41, 5.74) is 4.30. The van der Waals surface area contributed by atoms with E-state index in [9.17, 15) is 13.2 Å². The summed E-state index contributed by atoms with van der Waals surface area (Å²) in [6.07, 6.45) is -2.96. The first-order valence-electron chi connectivity index (χ1n) is 4.53. The van der Waals surface area contributed by atoms with Crippen molar-refractivity contribution in [2.24, 2.45) is 5.73 Å². The number of halogens is 3. The molecule has 92 valence electrons. The van der Waals surface area contributed by atoms with Crippen LogP contribution in [0.5, 0.6) is 0 Å². The summed E-state index contributed by atoms with van der Waals surface area (Å²) in [5, 5.41) is 1.84. The molecule has 0 aromatic carbocycles. The van der Waals surface area contributed by atoms with E-state index in [-0.39, 0.29) is 5.69 Å². The number of thiazole rings is 2. The second-order valence-corrected chi connectivity index (χ2v) is 5.35. The average molecular weight is 279 g/mol. The summed E-state index contributed by atoms with van der Waals surface area (Å²) < 4.78 is 38.1. The largest absolute Gasteiger partial charge is 0.411 e. The highest BCUT2D eigenvalue weighted by molar-refractivity contribution is 7.19. The molecule has 1 unspecified atom stereocenters. The quantitative estimate of drug-likeness (QED) is 0.919. The summed E-state index contributed by atoms with van der Waals surface area (Å²) in [7, 11) is 0. The predicted molar refractivity (Wildman–Crippen MR) is 60.8 cm³/mol. The van der Waals surface area contributed by atoms with Crippen LogP contribution in [0.4, 0.5) is 13.2 Å². The molecule has 0 saturated carbocycles. The van der Waals surface area contributed by atoms with Crippen LogP contribution in [0.1, 0.15) is 12.6 Å². The molecule has 0 fully saturated rings. The Labute approximate surface area is 103 Å². The molecular formula is C9H8F3N3S2. The van der Waals surface area contributed by atoms with Crippen molar-refractivity contribution in [3.05, 3.63) is 22.8 Å². The van der Waals surface area contributed by atoms with Crippen LogP contribution >= 0.6 is 22.7 Å². The molecule has 17 heavy (non-hydrogen) atoms. The van der Waals surface area contributed by atoms with E-state index in [4.69, 9.17) is 5.73 Å². The van der Waals surface area contributed by atoms with Crippen molar-refractivity contribution < 1.29 is 13.2 Å². The van der Waals surface area contributed by atoms with Crippen molar-refractivity contribution in [1.29, 1.82) is 0 Å². The van der Waals surface area contributed by atoms with Gasteiger partial charge in [-0.15, -0.1) is 22.7 Å². The van der Waals surface area contributed by atoms with Gasteiger partial charge in [-0.2, -0.15) is 13.2 Å². The fourth-order valence-corrected chi connectivity index (χ4v) is 2.72. The fraction of sp³-hybridized carbons (Fsp3) is 0.333. The van der Waals surface area contributed by atoms with Crippen molar-refractivity contribution in [3.8, 4) is 9.88 Å². The lowest BCUT2D eigenvalue weighted by Crippen LogP contribution is -2.47. The Hall–Kier alpha value is -0.990. The first kappa shape index (κ1) is 12.5. The number of aromatic nitrogens is 2. The van der Waals surface area contributed by atoms with Crippen molar-refractivity contribution >= 4 is 22.7 Å². The van der Waals surface area contributed by atoms with Crippen molar-refractivity contribution in [1.82, 2.24) is 9.97 Å². The standard InChI is InChI=1S/C9H8F3N3S2/c1-8(13,9(10,11)12)6-3-16-7(15-6)5-2-14-4-17-5/h2-4H,13H2,1H3. The Morgan fingerprint density at radius 2 is 2.00 bits per heavy atom. The molecule has 2 aromatic rings. The molecule has 0 amide bonds. The number of nitrogens with two attached hydrogens (primary N) is 1. The topological polar surface area (TPSA) is 51.8 Å². The van der Waals surface area contributed by atoms with Gasteiger partial charge < -0.3 is 5.73 Å². The minimum atomic E-state index is -4.52. The highest BCUT2D eigenvalue weighted by Gasteiger charge is 2.51. The Morgan fingerprint density at radius 1 is 1.29 bits per heavy atom. The molecular weight excluding hydrogens is 271 g/mol. The smallest absolute Gasteiger partial charge is 0.313 e. The minimum absolute atomic E-state index is 0.168. The number of alkyl halides is 3. The van der Waals surface area contributed by atoms with Gasteiger partial charge in [-0.3, -0.25) is 4.98 Å². The molecule has 8 heteroatoms. The van der Waals surface area contributed by atoms with Crippen LogP contribution in [0, 0.1) is 0 Å². The zero-order chi connectivity index (χ0) is 12.7.